The van der Waals surface area contributed by atoms with Crippen LogP contribution in [-0.2, 0) is 4.79 Å². The highest BCUT2D eigenvalue weighted by molar-refractivity contribution is 6.32. The molecule has 1 aliphatic heterocycles. The van der Waals surface area contributed by atoms with Crippen LogP contribution in [0.2, 0.25) is 0 Å². The zero-order chi connectivity index (χ0) is 22.3. The van der Waals surface area contributed by atoms with Gasteiger partial charge in [-0.25, -0.2) is 13.8 Å². The second-order valence-electron chi connectivity index (χ2n) is 7.01. The number of rotatable bonds is 3. The van der Waals surface area contributed by atoms with Crippen LogP contribution >= 0.6 is 0 Å². The molecule has 31 heavy (non-hydrogen) atoms. The summed E-state index contributed by atoms with van der Waals surface area (Å²) in [7, 11) is 0. The summed E-state index contributed by atoms with van der Waals surface area (Å²) in [4.78, 5) is 39.8. The van der Waals surface area contributed by atoms with Crippen LogP contribution in [0.15, 0.2) is 68.8 Å². The van der Waals surface area contributed by atoms with Gasteiger partial charge in [0.2, 0.25) is 5.88 Å². The van der Waals surface area contributed by atoms with Crippen molar-refractivity contribution in [1.29, 1.82) is 0 Å². The topological polar surface area (TPSA) is 108 Å². The Bertz CT molecular complexity index is 1380. The van der Waals surface area contributed by atoms with Crippen molar-refractivity contribution in [3.63, 3.8) is 0 Å². The van der Waals surface area contributed by atoms with Crippen molar-refractivity contribution in [2.75, 3.05) is 5.01 Å². The third kappa shape index (κ3) is 3.57. The number of H-pyrrole nitrogens is 1. The zero-order valence-corrected chi connectivity index (χ0v) is 16.6. The Labute approximate surface area is 175 Å². The third-order valence-corrected chi connectivity index (χ3v) is 4.80. The van der Waals surface area contributed by atoms with Crippen LogP contribution in [0.25, 0.3) is 11.8 Å². The fourth-order valence-electron chi connectivity index (χ4n) is 3.26. The monoisotopic (exact) mass is 420 g/mol. The summed E-state index contributed by atoms with van der Waals surface area (Å²) in [5.74, 6) is -1.62. The number of benzene rings is 2. The Morgan fingerprint density at radius 2 is 1.74 bits per heavy atom. The molecule has 0 unspecified atom stereocenters. The van der Waals surface area contributed by atoms with Crippen LogP contribution in [-0.4, -0.2) is 26.3 Å². The number of nitrogens with one attached hydrogen (secondary N) is 1. The predicted octanol–water partition coefficient (Wildman–Crippen LogP) is 2.49. The summed E-state index contributed by atoms with van der Waals surface area (Å²) in [6.07, 6.45) is 1.19. The van der Waals surface area contributed by atoms with Gasteiger partial charge in [0.1, 0.15) is 11.4 Å². The van der Waals surface area contributed by atoms with Gasteiger partial charge in [-0.05, 0) is 61.9 Å². The molecule has 0 saturated carbocycles. The minimum atomic E-state index is -0.847. The molecule has 3 aromatic rings. The number of aromatic nitrogens is 2. The number of hydrazone groups is 1. The van der Waals surface area contributed by atoms with E-state index in [9.17, 15) is 23.9 Å². The number of carbonyl (C=O) groups excluding carboxylic acids is 1. The van der Waals surface area contributed by atoms with Crippen LogP contribution in [0.5, 0.6) is 5.88 Å². The quantitative estimate of drug-likeness (QED) is 0.635. The van der Waals surface area contributed by atoms with Crippen molar-refractivity contribution < 1.29 is 14.3 Å². The molecule has 0 aliphatic carbocycles. The molecule has 1 aliphatic rings. The van der Waals surface area contributed by atoms with E-state index in [0.29, 0.717) is 17.1 Å². The van der Waals surface area contributed by atoms with Crippen molar-refractivity contribution in [3.05, 3.63) is 91.9 Å². The van der Waals surface area contributed by atoms with Gasteiger partial charge in [0.05, 0.1) is 22.7 Å². The number of carbonyl (C=O) groups is 1. The van der Waals surface area contributed by atoms with Gasteiger partial charge < -0.3 is 5.11 Å². The van der Waals surface area contributed by atoms with Crippen molar-refractivity contribution in [3.8, 4) is 11.6 Å². The molecule has 156 valence electrons. The number of halogens is 1. The molecule has 0 saturated heterocycles. The summed E-state index contributed by atoms with van der Waals surface area (Å²) in [5.41, 5.74) is -0.0303. The molecule has 2 heterocycles. The lowest BCUT2D eigenvalue weighted by molar-refractivity contribution is -0.114. The molecular formula is C22H17FN4O4. The first-order valence-electron chi connectivity index (χ1n) is 9.29. The van der Waals surface area contributed by atoms with Crippen LogP contribution in [0, 0.1) is 12.7 Å². The first kappa shape index (κ1) is 20.0. The zero-order valence-electron chi connectivity index (χ0n) is 16.6. The van der Waals surface area contributed by atoms with E-state index in [2.05, 4.69) is 10.1 Å². The van der Waals surface area contributed by atoms with Gasteiger partial charge in [0.25, 0.3) is 11.5 Å². The van der Waals surface area contributed by atoms with Gasteiger partial charge >= 0.3 is 5.69 Å². The summed E-state index contributed by atoms with van der Waals surface area (Å²) < 4.78 is 14.1. The second-order valence-corrected chi connectivity index (χ2v) is 7.01. The fourth-order valence-corrected chi connectivity index (χ4v) is 3.26. The average molecular weight is 420 g/mol. The molecule has 0 spiro atoms. The molecule has 0 atom stereocenters. The molecule has 4 rings (SSSR count). The van der Waals surface area contributed by atoms with Crippen LogP contribution < -0.4 is 16.3 Å². The number of aromatic amines is 1. The summed E-state index contributed by atoms with van der Waals surface area (Å²) in [5, 5.41) is 16.0. The van der Waals surface area contributed by atoms with E-state index in [1.807, 2.05) is 13.0 Å². The molecule has 8 nitrogen and oxygen atoms in total. The van der Waals surface area contributed by atoms with Gasteiger partial charge in [-0.1, -0.05) is 12.1 Å². The molecule has 2 N–H and O–H groups in total. The summed E-state index contributed by atoms with van der Waals surface area (Å²) in [6, 6.07) is 12.0. The summed E-state index contributed by atoms with van der Waals surface area (Å²) >= 11 is 0. The highest BCUT2D eigenvalue weighted by atomic mass is 19.1. The Morgan fingerprint density at radius 1 is 1.03 bits per heavy atom. The summed E-state index contributed by atoms with van der Waals surface area (Å²) in [6.45, 7) is 3.39. The molecule has 1 aromatic heterocycles. The lowest BCUT2D eigenvalue weighted by Gasteiger charge is -2.12. The van der Waals surface area contributed by atoms with E-state index in [1.165, 1.54) is 30.3 Å². The van der Waals surface area contributed by atoms with Crippen molar-refractivity contribution in [1.82, 2.24) is 9.55 Å². The minimum Gasteiger partial charge on any atom is -0.494 e. The molecule has 1 amide bonds. The molecular weight excluding hydrogens is 403 g/mol. The van der Waals surface area contributed by atoms with Gasteiger partial charge in [-0.2, -0.15) is 10.1 Å². The number of hydrogen-bond acceptors (Lipinski definition) is 5. The smallest absolute Gasteiger partial charge is 0.335 e. The maximum absolute atomic E-state index is 13.2. The normalized spacial score (nSPS) is 14.9. The third-order valence-electron chi connectivity index (χ3n) is 4.80. The maximum Gasteiger partial charge on any atom is 0.335 e. The standard InChI is InChI=1S/C22H17FN4O4/c1-12-4-3-5-16(10-12)26-20(29)18(19(28)24-22(26)31)11-17-13(2)25-27(21(17)30)15-8-6-14(23)7-9-15/h3-11,29H,1-2H3,(H,24,28,31)/b17-11-. The molecule has 0 radical (unpaired) electrons. The number of nitrogens with zero attached hydrogens (tertiary/aromatic N) is 3. The van der Waals surface area contributed by atoms with Crippen LogP contribution in [0.1, 0.15) is 18.1 Å². The van der Waals surface area contributed by atoms with E-state index in [4.69, 9.17) is 0 Å². The SMILES string of the molecule is CC1=NN(c2ccc(F)cc2)C(=O)/C1=C\c1c(O)n(-c2cccc(C)c2)c(=O)[nH]c1=O. The number of amides is 1. The van der Waals surface area contributed by atoms with Gasteiger partial charge in [-0.3, -0.25) is 14.6 Å². The van der Waals surface area contributed by atoms with E-state index >= 15 is 0 Å². The second kappa shape index (κ2) is 7.52. The first-order valence-corrected chi connectivity index (χ1v) is 9.29. The molecule has 0 bridgehead atoms. The van der Waals surface area contributed by atoms with E-state index < -0.39 is 28.9 Å². The van der Waals surface area contributed by atoms with E-state index in [0.717, 1.165) is 15.1 Å². The Morgan fingerprint density at radius 3 is 2.42 bits per heavy atom. The Hall–Kier alpha value is -4.27. The average Bonchev–Trinajstić information content (AvgIpc) is 2.99. The largest absolute Gasteiger partial charge is 0.494 e. The van der Waals surface area contributed by atoms with Crippen molar-refractivity contribution in [2.24, 2.45) is 5.10 Å². The van der Waals surface area contributed by atoms with Crippen LogP contribution in [0.4, 0.5) is 10.1 Å². The fraction of sp³-hybridized carbons (Fsp3) is 0.0909. The Kier molecular flexibility index (Phi) is 4.86. The molecule has 0 fully saturated rings. The van der Waals surface area contributed by atoms with Crippen molar-refractivity contribution in [2.45, 2.75) is 13.8 Å². The van der Waals surface area contributed by atoms with Gasteiger partial charge in [0.15, 0.2) is 0 Å². The maximum atomic E-state index is 13.2. The van der Waals surface area contributed by atoms with Gasteiger partial charge in [0, 0.05) is 0 Å². The Balaban J connectivity index is 1.82. The number of anilines is 1. The minimum absolute atomic E-state index is 0.0552. The van der Waals surface area contributed by atoms with Crippen molar-refractivity contribution >= 4 is 23.4 Å². The van der Waals surface area contributed by atoms with E-state index in [1.54, 1.807) is 25.1 Å². The molecule has 9 heteroatoms. The lowest BCUT2D eigenvalue weighted by atomic mass is 10.1. The number of aryl methyl sites for hydroxylation is 1. The highest BCUT2D eigenvalue weighted by Crippen LogP contribution is 2.26. The van der Waals surface area contributed by atoms with Crippen LogP contribution in [0.3, 0.4) is 0 Å². The van der Waals surface area contributed by atoms with E-state index in [-0.39, 0.29) is 11.1 Å². The predicted molar refractivity (Wildman–Crippen MR) is 114 cm³/mol. The lowest BCUT2D eigenvalue weighted by Crippen LogP contribution is -2.30. The number of aromatic hydroxyl groups is 1. The van der Waals surface area contributed by atoms with Gasteiger partial charge in [-0.15, -0.1) is 0 Å². The highest BCUT2D eigenvalue weighted by Gasteiger charge is 2.30. The first-order chi connectivity index (χ1) is 14.8. The molecule has 2 aromatic carbocycles. The number of hydrogen-bond donors (Lipinski definition) is 2.